The highest BCUT2D eigenvalue weighted by Crippen LogP contribution is 2.31. The fourth-order valence-corrected chi connectivity index (χ4v) is 4.16. The molecule has 1 aromatic heterocycles. The van der Waals surface area contributed by atoms with E-state index in [4.69, 9.17) is 16.6 Å². The first-order valence-corrected chi connectivity index (χ1v) is 12.3. The standard InChI is InChI=1S/C28H26ClF3N4O/c1-2-25-34-24-18-21(29)11-12-23(24)27(35-25)36(15-13-19-7-4-3-5-8-19)16-14-26(37)33-22-10-6-9-20(17-22)28(30,31)32/h3-12,17-18H,2,13-16H2,1H3,(H,33,37). The summed E-state index contributed by atoms with van der Waals surface area (Å²) in [4.78, 5) is 24.1. The van der Waals surface area contributed by atoms with Crippen molar-refractivity contribution in [3.8, 4) is 0 Å². The minimum Gasteiger partial charge on any atom is -0.355 e. The fourth-order valence-electron chi connectivity index (χ4n) is 4.00. The van der Waals surface area contributed by atoms with Crippen LogP contribution in [0.2, 0.25) is 5.02 Å². The molecular formula is C28H26ClF3N4O. The zero-order valence-electron chi connectivity index (χ0n) is 20.2. The van der Waals surface area contributed by atoms with Crippen molar-refractivity contribution in [2.75, 3.05) is 23.3 Å². The molecule has 0 aliphatic heterocycles. The average Bonchev–Trinajstić information content (AvgIpc) is 2.88. The first-order chi connectivity index (χ1) is 17.7. The number of rotatable bonds is 9. The summed E-state index contributed by atoms with van der Waals surface area (Å²) in [5, 5.41) is 3.96. The van der Waals surface area contributed by atoms with E-state index in [0.717, 1.165) is 29.5 Å². The maximum atomic E-state index is 13.0. The van der Waals surface area contributed by atoms with Gasteiger partial charge in [-0.2, -0.15) is 13.2 Å². The summed E-state index contributed by atoms with van der Waals surface area (Å²) in [6.07, 6.45) is -3.08. The lowest BCUT2D eigenvalue weighted by molar-refractivity contribution is -0.137. The number of amides is 1. The predicted octanol–water partition coefficient (Wildman–Crippen LogP) is 6.94. The van der Waals surface area contributed by atoms with Gasteiger partial charge in [0.15, 0.2) is 0 Å². The molecule has 37 heavy (non-hydrogen) atoms. The largest absolute Gasteiger partial charge is 0.416 e. The summed E-state index contributed by atoms with van der Waals surface area (Å²) in [7, 11) is 0. The number of halogens is 4. The van der Waals surface area contributed by atoms with Gasteiger partial charge in [-0.3, -0.25) is 4.79 Å². The van der Waals surface area contributed by atoms with Crippen LogP contribution in [-0.4, -0.2) is 29.0 Å². The molecule has 0 aliphatic carbocycles. The van der Waals surface area contributed by atoms with Crippen molar-refractivity contribution in [3.63, 3.8) is 0 Å². The van der Waals surface area contributed by atoms with Crippen molar-refractivity contribution in [2.24, 2.45) is 0 Å². The highest BCUT2D eigenvalue weighted by atomic mass is 35.5. The van der Waals surface area contributed by atoms with E-state index in [-0.39, 0.29) is 18.0 Å². The molecule has 0 atom stereocenters. The minimum atomic E-state index is -4.48. The highest BCUT2D eigenvalue weighted by Gasteiger charge is 2.30. The first kappa shape index (κ1) is 26.4. The monoisotopic (exact) mass is 526 g/mol. The van der Waals surface area contributed by atoms with E-state index in [1.807, 2.05) is 48.2 Å². The molecule has 0 aliphatic rings. The molecule has 1 amide bonds. The Hall–Kier alpha value is -3.65. The molecular weight excluding hydrogens is 501 g/mol. The van der Waals surface area contributed by atoms with Gasteiger partial charge in [0.25, 0.3) is 0 Å². The van der Waals surface area contributed by atoms with Crippen LogP contribution in [0.4, 0.5) is 24.7 Å². The molecule has 192 valence electrons. The second kappa shape index (κ2) is 11.6. The Balaban J connectivity index is 1.57. The van der Waals surface area contributed by atoms with Crippen LogP contribution in [0.3, 0.4) is 0 Å². The van der Waals surface area contributed by atoms with E-state index in [9.17, 15) is 18.0 Å². The van der Waals surface area contributed by atoms with Crippen molar-refractivity contribution in [1.82, 2.24) is 9.97 Å². The molecule has 3 aromatic carbocycles. The Kier molecular flexibility index (Phi) is 8.28. The lowest BCUT2D eigenvalue weighted by Crippen LogP contribution is -2.31. The minimum absolute atomic E-state index is 0.0611. The van der Waals surface area contributed by atoms with Crippen molar-refractivity contribution >= 4 is 39.9 Å². The Bertz CT molecular complexity index is 1380. The van der Waals surface area contributed by atoms with Gasteiger partial charge in [0.1, 0.15) is 11.6 Å². The van der Waals surface area contributed by atoms with Gasteiger partial charge in [-0.15, -0.1) is 0 Å². The van der Waals surface area contributed by atoms with Gasteiger partial charge < -0.3 is 10.2 Å². The maximum Gasteiger partial charge on any atom is 0.416 e. The number of benzene rings is 3. The molecule has 0 fully saturated rings. The number of hydrogen-bond acceptors (Lipinski definition) is 4. The van der Waals surface area contributed by atoms with Crippen LogP contribution in [0, 0.1) is 0 Å². The normalized spacial score (nSPS) is 11.5. The Morgan fingerprint density at radius 2 is 1.76 bits per heavy atom. The number of hydrogen-bond donors (Lipinski definition) is 1. The third-order valence-corrected chi connectivity index (χ3v) is 6.13. The molecule has 1 N–H and O–H groups in total. The summed E-state index contributed by atoms with van der Waals surface area (Å²) in [6.45, 7) is 2.86. The van der Waals surface area contributed by atoms with Crippen LogP contribution < -0.4 is 10.2 Å². The molecule has 0 bridgehead atoms. The van der Waals surface area contributed by atoms with E-state index < -0.39 is 11.7 Å². The highest BCUT2D eigenvalue weighted by molar-refractivity contribution is 6.31. The number of carbonyl (C=O) groups excluding carboxylic acids is 1. The molecule has 0 saturated heterocycles. The van der Waals surface area contributed by atoms with Crippen molar-refractivity contribution in [1.29, 1.82) is 0 Å². The third kappa shape index (κ3) is 6.98. The van der Waals surface area contributed by atoms with Crippen molar-refractivity contribution < 1.29 is 18.0 Å². The van der Waals surface area contributed by atoms with Crippen molar-refractivity contribution in [2.45, 2.75) is 32.4 Å². The van der Waals surface area contributed by atoms with Gasteiger partial charge in [0, 0.05) is 42.0 Å². The quantitative estimate of drug-likeness (QED) is 0.256. The summed E-state index contributed by atoms with van der Waals surface area (Å²) in [5.41, 5.74) is 1.14. The number of aromatic nitrogens is 2. The van der Waals surface area contributed by atoms with Crippen molar-refractivity contribution in [3.05, 3.63) is 94.8 Å². The van der Waals surface area contributed by atoms with Crippen LogP contribution in [0.1, 0.15) is 30.3 Å². The lowest BCUT2D eigenvalue weighted by atomic mass is 10.1. The summed E-state index contributed by atoms with van der Waals surface area (Å²) in [5.74, 6) is 0.963. The number of alkyl halides is 3. The Morgan fingerprint density at radius 1 is 0.973 bits per heavy atom. The Morgan fingerprint density at radius 3 is 2.49 bits per heavy atom. The van der Waals surface area contributed by atoms with Gasteiger partial charge >= 0.3 is 6.18 Å². The smallest absolute Gasteiger partial charge is 0.355 e. The number of fused-ring (bicyclic) bond motifs is 1. The number of nitrogens with one attached hydrogen (secondary N) is 1. The number of carbonyl (C=O) groups is 1. The van der Waals surface area contributed by atoms with E-state index >= 15 is 0 Å². The molecule has 4 aromatic rings. The summed E-state index contributed by atoms with van der Waals surface area (Å²) in [6, 6.07) is 20.0. The molecule has 0 spiro atoms. The number of anilines is 2. The SMILES string of the molecule is CCc1nc(N(CCC(=O)Nc2cccc(C(F)(F)F)c2)CCc2ccccc2)c2ccc(Cl)cc2n1. The van der Waals surface area contributed by atoms with Gasteiger partial charge in [-0.25, -0.2) is 9.97 Å². The topological polar surface area (TPSA) is 58.1 Å². The third-order valence-electron chi connectivity index (χ3n) is 5.90. The predicted molar refractivity (Wildman–Crippen MR) is 141 cm³/mol. The second-order valence-corrected chi connectivity index (χ2v) is 9.01. The molecule has 0 unspecified atom stereocenters. The number of nitrogens with zero attached hydrogens (tertiary/aromatic N) is 3. The van der Waals surface area contributed by atoms with Crippen LogP contribution in [0.5, 0.6) is 0 Å². The van der Waals surface area contributed by atoms with Gasteiger partial charge in [-0.1, -0.05) is 54.9 Å². The van der Waals surface area contributed by atoms with Crippen LogP contribution in [0.25, 0.3) is 10.9 Å². The van der Waals surface area contributed by atoms with E-state index in [1.54, 1.807) is 12.1 Å². The van der Waals surface area contributed by atoms with Crippen LogP contribution in [0.15, 0.2) is 72.8 Å². The fraction of sp³-hybridized carbons (Fsp3) is 0.250. The molecule has 4 rings (SSSR count). The molecule has 9 heteroatoms. The summed E-state index contributed by atoms with van der Waals surface area (Å²) >= 11 is 6.21. The zero-order valence-corrected chi connectivity index (χ0v) is 21.0. The second-order valence-electron chi connectivity index (χ2n) is 8.58. The molecule has 1 heterocycles. The average molecular weight is 527 g/mol. The van der Waals surface area contributed by atoms with Crippen LogP contribution >= 0.6 is 11.6 Å². The van der Waals surface area contributed by atoms with Gasteiger partial charge in [0.2, 0.25) is 5.91 Å². The molecule has 0 saturated carbocycles. The van der Waals surface area contributed by atoms with E-state index in [0.29, 0.717) is 41.7 Å². The Labute approximate surface area is 218 Å². The van der Waals surface area contributed by atoms with Gasteiger partial charge in [-0.05, 0) is 48.4 Å². The molecule has 5 nitrogen and oxygen atoms in total. The lowest BCUT2D eigenvalue weighted by Gasteiger charge is -2.25. The maximum absolute atomic E-state index is 13.0. The van der Waals surface area contributed by atoms with Gasteiger partial charge in [0.05, 0.1) is 11.1 Å². The summed E-state index contributed by atoms with van der Waals surface area (Å²) < 4.78 is 39.1. The molecule has 0 radical (unpaired) electrons. The van der Waals surface area contributed by atoms with Crippen LogP contribution in [-0.2, 0) is 23.8 Å². The first-order valence-electron chi connectivity index (χ1n) is 11.9. The zero-order chi connectivity index (χ0) is 26.4. The van der Waals surface area contributed by atoms with E-state index in [2.05, 4.69) is 10.3 Å². The number of aryl methyl sites for hydroxylation is 1. The van der Waals surface area contributed by atoms with E-state index in [1.165, 1.54) is 12.1 Å².